The zero-order chi connectivity index (χ0) is 12.8. The highest BCUT2D eigenvalue weighted by atomic mass is 32.1. The van der Waals surface area contributed by atoms with Gasteiger partial charge in [0.25, 0.3) is 0 Å². The molecule has 0 fully saturated rings. The molecule has 0 saturated heterocycles. The first-order valence-corrected chi connectivity index (χ1v) is 7.30. The van der Waals surface area contributed by atoms with Crippen LogP contribution in [0.15, 0.2) is 29.9 Å². The van der Waals surface area contributed by atoms with Gasteiger partial charge in [-0.3, -0.25) is 0 Å². The van der Waals surface area contributed by atoms with E-state index in [1.54, 1.807) is 0 Å². The van der Waals surface area contributed by atoms with Gasteiger partial charge in [-0.1, -0.05) is 0 Å². The summed E-state index contributed by atoms with van der Waals surface area (Å²) in [7, 11) is 0. The molecule has 0 aromatic carbocycles. The van der Waals surface area contributed by atoms with Crippen LogP contribution in [0.2, 0.25) is 0 Å². The van der Waals surface area contributed by atoms with Crippen LogP contribution in [-0.4, -0.2) is 21.1 Å². The van der Waals surface area contributed by atoms with Gasteiger partial charge in [0.05, 0.1) is 5.69 Å². The minimum Gasteiger partial charge on any atom is -0.350 e. The lowest BCUT2D eigenvalue weighted by atomic mass is 10.1. The third-order valence-corrected chi connectivity index (χ3v) is 4.62. The molecule has 1 aliphatic rings. The molecular formula is C14H14N4S. The molecule has 0 N–H and O–H groups in total. The number of fused-ring (bicyclic) bond motifs is 2. The van der Waals surface area contributed by atoms with Crippen molar-refractivity contribution in [1.29, 1.82) is 0 Å². The quantitative estimate of drug-likeness (QED) is 0.681. The van der Waals surface area contributed by atoms with E-state index in [2.05, 4.69) is 32.5 Å². The summed E-state index contributed by atoms with van der Waals surface area (Å²) >= 11 is 1.87. The Morgan fingerprint density at radius 3 is 3.26 bits per heavy atom. The van der Waals surface area contributed by atoms with E-state index in [9.17, 15) is 0 Å². The van der Waals surface area contributed by atoms with Gasteiger partial charge in [-0.05, 0) is 36.4 Å². The fraction of sp³-hybridized carbons (Fsp3) is 0.286. The van der Waals surface area contributed by atoms with Crippen molar-refractivity contribution >= 4 is 22.7 Å². The van der Waals surface area contributed by atoms with Gasteiger partial charge in [0.1, 0.15) is 5.52 Å². The fourth-order valence-electron chi connectivity index (χ4n) is 2.70. The summed E-state index contributed by atoms with van der Waals surface area (Å²) in [5.41, 5.74) is 3.57. The molecule has 0 aliphatic carbocycles. The van der Waals surface area contributed by atoms with E-state index in [0.717, 1.165) is 36.5 Å². The maximum atomic E-state index is 4.57. The molecule has 0 radical (unpaired) electrons. The van der Waals surface area contributed by atoms with E-state index in [-0.39, 0.29) is 0 Å². The lowest BCUT2D eigenvalue weighted by Crippen LogP contribution is -2.30. The number of rotatable bonds is 1. The van der Waals surface area contributed by atoms with Crippen molar-refractivity contribution in [2.75, 3.05) is 11.4 Å². The minimum absolute atomic E-state index is 0.954. The summed E-state index contributed by atoms with van der Waals surface area (Å²) in [6.45, 7) is 4.00. The van der Waals surface area contributed by atoms with E-state index < -0.39 is 0 Å². The standard InChI is InChI=1S/C14H14N4S/c1-10-8-12-14(15-4-6-18(12)16-10)17-5-2-13-11(9-17)3-7-19-13/h3-4,6-8H,2,5,9H2,1H3. The lowest BCUT2D eigenvalue weighted by Gasteiger charge is -2.28. The Balaban J connectivity index is 1.79. The van der Waals surface area contributed by atoms with Crippen molar-refractivity contribution in [3.05, 3.63) is 46.0 Å². The maximum absolute atomic E-state index is 4.57. The third-order valence-electron chi connectivity index (χ3n) is 3.60. The Labute approximate surface area is 115 Å². The summed E-state index contributed by atoms with van der Waals surface area (Å²) in [6.07, 6.45) is 4.85. The van der Waals surface area contributed by atoms with E-state index >= 15 is 0 Å². The van der Waals surface area contributed by atoms with Crippen molar-refractivity contribution in [3.63, 3.8) is 0 Å². The number of aryl methyl sites for hydroxylation is 1. The van der Waals surface area contributed by atoms with Crippen molar-refractivity contribution in [3.8, 4) is 0 Å². The Morgan fingerprint density at radius 2 is 2.32 bits per heavy atom. The highest BCUT2D eigenvalue weighted by molar-refractivity contribution is 7.10. The fourth-order valence-corrected chi connectivity index (χ4v) is 3.59. The lowest BCUT2D eigenvalue weighted by molar-refractivity contribution is 0.730. The summed E-state index contributed by atoms with van der Waals surface area (Å²) < 4.78 is 1.92. The predicted molar refractivity (Wildman–Crippen MR) is 76.8 cm³/mol. The van der Waals surface area contributed by atoms with Crippen LogP contribution in [0.1, 0.15) is 16.1 Å². The second-order valence-electron chi connectivity index (χ2n) is 4.91. The first-order chi connectivity index (χ1) is 9.31. The average molecular weight is 270 g/mol. The third kappa shape index (κ3) is 1.73. The van der Waals surface area contributed by atoms with Crippen LogP contribution in [-0.2, 0) is 13.0 Å². The molecule has 4 heterocycles. The average Bonchev–Trinajstić information content (AvgIpc) is 3.01. The molecule has 4 nitrogen and oxygen atoms in total. The van der Waals surface area contributed by atoms with Gasteiger partial charge < -0.3 is 4.90 Å². The molecule has 1 aliphatic heterocycles. The number of hydrogen-bond donors (Lipinski definition) is 0. The monoisotopic (exact) mass is 270 g/mol. The molecule has 0 spiro atoms. The number of thiophene rings is 1. The van der Waals surface area contributed by atoms with Gasteiger partial charge in [-0.2, -0.15) is 5.10 Å². The van der Waals surface area contributed by atoms with Crippen molar-refractivity contribution in [2.24, 2.45) is 0 Å². The van der Waals surface area contributed by atoms with E-state index in [1.165, 1.54) is 10.4 Å². The van der Waals surface area contributed by atoms with E-state index in [1.807, 2.05) is 35.2 Å². The highest BCUT2D eigenvalue weighted by Gasteiger charge is 2.20. The molecule has 0 amide bonds. The Hall–Kier alpha value is -1.88. The molecule has 3 aromatic rings. The van der Waals surface area contributed by atoms with Crippen molar-refractivity contribution < 1.29 is 0 Å². The Morgan fingerprint density at radius 1 is 1.37 bits per heavy atom. The highest BCUT2D eigenvalue weighted by Crippen LogP contribution is 2.28. The Kier molecular flexibility index (Phi) is 2.35. The van der Waals surface area contributed by atoms with Gasteiger partial charge in [0, 0.05) is 30.4 Å². The minimum atomic E-state index is 0.954. The summed E-state index contributed by atoms with van der Waals surface area (Å²) in [6, 6.07) is 4.33. The van der Waals surface area contributed by atoms with Gasteiger partial charge in [0.15, 0.2) is 5.82 Å². The molecule has 3 aromatic heterocycles. The molecule has 5 heteroatoms. The number of aromatic nitrogens is 3. The molecule has 19 heavy (non-hydrogen) atoms. The first-order valence-electron chi connectivity index (χ1n) is 6.42. The van der Waals surface area contributed by atoms with Gasteiger partial charge in [-0.25, -0.2) is 9.50 Å². The molecular weight excluding hydrogens is 256 g/mol. The zero-order valence-electron chi connectivity index (χ0n) is 10.7. The number of hydrogen-bond acceptors (Lipinski definition) is 4. The second kappa shape index (κ2) is 4.06. The van der Waals surface area contributed by atoms with Crippen molar-refractivity contribution in [2.45, 2.75) is 19.9 Å². The van der Waals surface area contributed by atoms with Gasteiger partial charge in [0.2, 0.25) is 0 Å². The molecule has 96 valence electrons. The van der Waals surface area contributed by atoms with E-state index in [0.29, 0.717) is 0 Å². The zero-order valence-corrected chi connectivity index (χ0v) is 11.5. The van der Waals surface area contributed by atoms with Crippen LogP contribution in [0.4, 0.5) is 5.82 Å². The van der Waals surface area contributed by atoms with E-state index in [4.69, 9.17) is 0 Å². The largest absolute Gasteiger partial charge is 0.350 e. The van der Waals surface area contributed by atoms with Gasteiger partial charge in [-0.15, -0.1) is 11.3 Å². The summed E-state index contributed by atoms with van der Waals surface area (Å²) in [5, 5.41) is 6.64. The SMILES string of the molecule is Cc1cc2c(N3CCc4sccc4C3)nccn2n1. The van der Waals surface area contributed by atoms with Crippen LogP contribution < -0.4 is 4.90 Å². The topological polar surface area (TPSA) is 33.4 Å². The van der Waals surface area contributed by atoms with Crippen LogP contribution in [0.25, 0.3) is 5.52 Å². The molecule has 4 rings (SSSR count). The summed E-state index contributed by atoms with van der Waals surface area (Å²) in [5.74, 6) is 1.04. The van der Waals surface area contributed by atoms with Crippen LogP contribution in [0.5, 0.6) is 0 Å². The normalized spacial score (nSPS) is 14.9. The maximum Gasteiger partial charge on any atom is 0.155 e. The number of anilines is 1. The van der Waals surface area contributed by atoms with Crippen LogP contribution in [0, 0.1) is 6.92 Å². The second-order valence-corrected chi connectivity index (χ2v) is 5.91. The molecule has 0 unspecified atom stereocenters. The predicted octanol–water partition coefficient (Wildman–Crippen LogP) is 2.66. The molecule has 0 bridgehead atoms. The van der Waals surface area contributed by atoms with Crippen molar-refractivity contribution in [1.82, 2.24) is 14.6 Å². The first kappa shape index (κ1) is 11.0. The van der Waals surface area contributed by atoms with Gasteiger partial charge >= 0.3 is 0 Å². The number of nitrogens with zero attached hydrogens (tertiary/aromatic N) is 4. The molecule has 0 atom stereocenters. The Bertz CT molecular complexity index is 743. The summed E-state index contributed by atoms with van der Waals surface area (Å²) in [4.78, 5) is 8.44. The van der Waals surface area contributed by atoms with Crippen LogP contribution in [0.3, 0.4) is 0 Å². The smallest absolute Gasteiger partial charge is 0.155 e. The molecule has 0 saturated carbocycles. The van der Waals surface area contributed by atoms with Crippen LogP contribution >= 0.6 is 11.3 Å².